The average molecular weight is 432 g/mol. The molecule has 0 fully saturated rings. The van der Waals surface area contributed by atoms with E-state index in [1.165, 1.54) is 12.3 Å². The summed E-state index contributed by atoms with van der Waals surface area (Å²) < 4.78 is 65.2. The van der Waals surface area contributed by atoms with E-state index in [9.17, 15) is 31.5 Å². The summed E-state index contributed by atoms with van der Waals surface area (Å²) in [6.07, 6.45) is -3.43. The third-order valence-corrected chi connectivity index (χ3v) is 4.30. The molecule has 0 aliphatic carbocycles. The van der Waals surface area contributed by atoms with Gasteiger partial charge in [0.15, 0.2) is 11.6 Å². The smallest absolute Gasteiger partial charge is 0.359 e. The fourth-order valence-corrected chi connectivity index (χ4v) is 2.79. The number of H-pyrrole nitrogens is 1. The van der Waals surface area contributed by atoms with Crippen LogP contribution in [0, 0.1) is 11.6 Å². The molecule has 152 valence electrons. The summed E-state index contributed by atoms with van der Waals surface area (Å²) in [6.45, 7) is -0.361. The first-order valence-electron chi connectivity index (χ1n) is 7.97. The first kappa shape index (κ1) is 20.6. The topological polar surface area (TPSA) is 74.0 Å². The van der Waals surface area contributed by atoms with Gasteiger partial charge in [0.2, 0.25) is 0 Å². The summed E-state index contributed by atoms with van der Waals surface area (Å²) in [5, 5.41) is 4.04. The van der Waals surface area contributed by atoms with Gasteiger partial charge in [-0.1, -0.05) is 17.7 Å². The molecule has 5 nitrogen and oxygen atoms in total. The Hall–Kier alpha value is -3.14. The van der Waals surface area contributed by atoms with Crippen molar-refractivity contribution in [3.8, 4) is 0 Å². The van der Waals surface area contributed by atoms with E-state index in [4.69, 9.17) is 11.6 Å². The Balaban J connectivity index is 1.68. The molecule has 0 saturated heterocycles. The van der Waals surface area contributed by atoms with Crippen LogP contribution in [0.2, 0.25) is 5.02 Å². The molecular weight excluding hydrogens is 421 g/mol. The lowest BCUT2D eigenvalue weighted by molar-refractivity contribution is -0.137. The second-order valence-corrected chi connectivity index (χ2v) is 6.37. The van der Waals surface area contributed by atoms with Crippen LogP contribution < -0.4 is 10.6 Å². The largest absolute Gasteiger partial charge is 0.417 e. The predicted octanol–water partition coefficient (Wildman–Crippen LogP) is 4.37. The predicted molar refractivity (Wildman–Crippen MR) is 95.1 cm³/mol. The molecular formula is C18H11ClF5N3O2. The van der Waals surface area contributed by atoms with Crippen LogP contribution in [0.1, 0.15) is 11.1 Å². The molecule has 2 aromatic carbocycles. The fraction of sp³-hybridized carbons (Fsp3) is 0.111. The number of halogens is 6. The number of anilines is 1. The summed E-state index contributed by atoms with van der Waals surface area (Å²) in [7, 11) is 0. The van der Waals surface area contributed by atoms with Gasteiger partial charge in [0.25, 0.3) is 0 Å². The second-order valence-electron chi connectivity index (χ2n) is 5.96. The Bertz CT molecular complexity index is 1110. The number of hydrogen-bond donors (Lipinski definition) is 3. The van der Waals surface area contributed by atoms with Crippen molar-refractivity contribution in [3.63, 3.8) is 0 Å². The molecule has 3 N–H and O–H groups in total. The summed E-state index contributed by atoms with van der Waals surface area (Å²) in [5.41, 5.74) is -0.763. The van der Waals surface area contributed by atoms with E-state index in [-0.39, 0.29) is 28.7 Å². The van der Waals surface area contributed by atoms with E-state index in [0.717, 1.165) is 24.3 Å². The zero-order valence-corrected chi connectivity index (χ0v) is 15.0. The van der Waals surface area contributed by atoms with Crippen LogP contribution in [0.25, 0.3) is 10.9 Å². The average Bonchev–Trinajstić information content (AvgIpc) is 3.01. The van der Waals surface area contributed by atoms with Gasteiger partial charge in [0.05, 0.1) is 21.8 Å². The van der Waals surface area contributed by atoms with E-state index < -0.39 is 40.2 Å². The number of aromatic nitrogens is 1. The summed E-state index contributed by atoms with van der Waals surface area (Å²) in [6, 6.07) is 4.80. The summed E-state index contributed by atoms with van der Waals surface area (Å²) in [5.74, 6) is -4.50. The van der Waals surface area contributed by atoms with Crippen LogP contribution in [-0.4, -0.2) is 16.8 Å². The van der Waals surface area contributed by atoms with Gasteiger partial charge in [-0.05, 0) is 23.8 Å². The molecule has 1 heterocycles. The summed E-state index contributed by atoms with van der Waals surface area (Å²) in [4.78, 5) is 26.5. The zero-order valence-electron chi connectivity index (χ0n) is 14.3. The van der Waals surface area contributed by atoms with Crippen molar-refractivity contribution in [1.29, 1.82) is 0 Å². The molecule has 0 spiro atoms. The van der Waals surface area contributed by atoms with E-state index in [0.29, 0.717) is 0 Å². The maximum Gasteiger partial charge on any atom is 0.417 e. The molecule has 0 radical (unpaired) electrons. The minimum atomic E-state index is -4.67. The van der Waals surface area contributed by atoms with Crippen LogP contribution in [0.5, 0.6) is 0 Å². The molecule has 1 aromatic heterocycles. The number of rotatable bonds is 3. The van der Waals surface area contributed by atoms with Crippen LogP contribution >= 0.6 is 11.6 Å². The van der Waals surface area contributed by atoms with Gasteiger partial charge in [-0.2, -0.15) is 13.2 Å². The SMILES string of the molecule is O=C(NCc1ccc(Cl)c(C(F)(F)F)c1)C(=O)Nc1c[nH]c2cc(F)c(F)cc12. The highest BCUT2D eigenvalue weighted by atomic mass is 35.5. The van der Waals surface area contributed by atoms with Gasteiger partial charge in [-0.15, -0.1) is 0 Å². The minimum absolute atomic E-state index is 0.0323. The quantitative estimate of drug-likeness (QED) is 0.425. The molecule has 0 bridgehead atoms. The molecule has 0 unspecified atom stereocenters. The number of nitrogens with one attached hydrogen (secondary N) is 3. The van der Waals surface area contributed by atoms with E-state index in [1.54, 1.807) is 0 Å². The number of aromatic amines is 1. The Labute approximate surface area is 164 Å². The third kappa shape index (κ3) is 4.48. The van der Waals surface area contributed by atoms with E-state index in [2.05, 4.69) is 15.6 Å². The van der Waals surface area contributed by atoms with Crippen molar-refractivity contribution in [3.05, 3.63) is 64.3 Å². The van der Waals surface area contributed by atoms with Gasteiger partial charge < -0.3 is 15.6 Å². The first-order chi connectivity index (χ1) is 13.6. The van der Waals surface area contributed by atoms with Crippen LogP contribution in [-0.2, 0) is 22.3 Å². The number of carbonyl (C=O) groups excluding carboxylic acids is 2. The standard InChI is InChI=1S/C18H11ClF5N3O2/c19-11-2-1-8(3-10(11)18(22,23)24)6-26-16(28)17(29)27-15-7-25-14-5-13(21)12(20)4-9(14)15/h1-5,7,25H,6H2,(H,26,28)(H,27,29). The van der Waals surface area contributed by atoms with Crippen LogP contribution in [0.3, 0.4) is 0 Å². The maximum absolute atomic E-state index is 13.4. The number of hydrogen-bond acceptors (Lipinski definition) is 2. The Kier molecular flexibility index (Phi) is 5.47. The van der Waals surface area contributed by atoms with Crippen LogP contribution in [0.4, 0.5) is 27.6 Å². The monoisotopic (exact) mass is 431 g/mol. The zero-order chi connectivity index (χ0) is 21.3. The number of fused-ring (bicyclic) bond motifs is 1. The van der Waals surface area contributed by atoms with Crippen LogP contribution in [0.15, 0.2) is 36.5 Å². The van der Waals surface area contributed by atoms with Crippen molar-refractivity contribution >= 4 is 40.0 Å². The molecule has 2 amide bonds. The normalized spacial score (nSPS) is 11.5. The van der Waals surface area contributed by atoms with Crippen molar-refractivity contribution in [2.75, 3.05) is 5.32 Å². The highest BCUT2D eigenvalue weighted by molar-refractivity contribution is 6.40. The maximum atomic E-state index is 13.4. The molecule has 0 saturated carbocycles. The van der Waals surface area contributed by atoms with Crippen molar-refractivity contribution < 1.29 is 31.5 Å². The third-order valence-electron chi connectivity index (χ3n) is 3.97. The molecule has 0 aliphatic heterocycles. The Morgan fingerprint density at radius 2 is 1.72 bits per heavy atom. The number of benzene rings is 2. The molecule has 0 atom stereocenters. The van der Waals surface area contributed by atoms with E-state index in [1.807, 2.05) is 0 Å². The number of alkyl halides is 3. The van der Waals surface area contributed by atoms with Crippen molar-refractivity contribution in [2.45, 2.75) is 12.7 Å². The van der Waals surface area contributed by atoms with Crippen molar-refractivity contribution in [2.24, 2.45) is 0 Å². The summed E-state index contributed by atoms with van der Waals surface area (Å²) >= 11 is 5.52. The fourth-order valence-electron chi connectivity index (χ4n) is 2.56. The molecule has 3 rings (SSSR count). The second kappa shape index (κ2) is 7.70. The van der Waals surface area contributed by atoms with Gasteiger partial charge in [-0.25, -0.2) is 8.78 Å². The van der Waals surface area contributed by atoms with Gasteiger partial charge in [-0.3, -0.25) is 9.59 Å². The first-order valence-corrected chi connectivity index (χ1v) is 8.35. The lowest BCUT2D eigenvalue weighted by Crippen LogP contribution is -2.35. The van der Waals surface area contributed by atoms with Gasteiger partial charge in [0.1, 0.15) is 0 Å². The highest BCUT2D eigenvalue weighted by Crippen LogP contribution is 2.35. The van der Waals surface area contributed by atoms with Crippen molar-refractivity contribution in [1.82, 2.24) is 10.3 Å². The van der Waals surface area contributed by atoms with Gasteiger partial charge >= 0.3 is 18.0 Å². The molecule has 29 heavy (non-hydrogen) atoms. The van der Waals surface area contributed by atoms with E-state index >= 15 is 0 Å². The lowest BCUT2D eigenvalue weighted by Gasteiger charge is -2.11. The highest BCUT2D eigenvalue weighted by Gasteiger charge is 2.33. The Morgan fingerprint density at radius 1 is 1.03 bits per heavy atom. The molecule has 0 aliphatic rings. The molecule has 3 aromatic rings. The lowest BCUT2D eigenvalue weighted by atomic mass is 10.1. The Morgan fingerprint density at radius 3 is 2.41 bits per heavy atom. The number of amides is 2. The number of carbonyl (C=O) groups is 2. The van der Waals surface area contributed by atoms with Gasteiger partial charge in [0, 0.05) is 24.2 Å². The molecule has 11 heteroatoms. The minimum Gasteiger partial charge on any atom is -0.359 e.